The number of piperidine rings is 1. The Morgan fingerprint density at radius 2 is 2.13 bits per heavy atom. The maximum atomic E-state index is 13.2. The fraction of sp³-hybridized carbons (Fsp3) is 0.286. The number of hydrogen-bond donors (Lipinski definition) is 2. The van der Waals surface area contributed by atoms with Crippen LogP contribution in [-0.2, 0) is 6.54 Å². The van der Waals surface area contributed by atoms with Crippen molar-refractivity contribution in [1.29, 1.82) is 5.26 Å². The van der Waals surface area contributed by atoms with Crippen LogP contribution in [0.2, 0.25) is 0 Å². The average Bonchev–Trinajstić information content (AvgIpc) is 3.20. The molecule has 3 N–H and O–H groups in total. The summed E-state index contributed by atoms with van der Waals surface area (Å²) in [4.78, 5) is 22.6. The number of nitrogens with two attached hydrogens (primary N) is 1. The highest BCUT2D eigenvalue weighted by Gasteiger charge is 2.32. The zero-order chi connectivity index (χ0) is 21.8. The van der Waals surface area contributed by atoms with Crippen molar-refractivity contribution in [2.24, 2.45) is 11.7 Å². The lowest BCUT2D eigenvalue weighted by Crippen LogP contribution is -2.41. The third-order valence-electron chi connectivity index (χ3n) is 5.28. The van der Waals surface area contributed by atoms with Crippen molar-refractivity contribution in [3.63, 3.8) is 0 Å². The number of halogens is 1. The molecule has 1 fully saturated rings. The number of carbonyl (C=O) groups is 1. The molecular weight excluding hydrogens is 399 g/mol. The molecule has 3 aromatic rings. The summed E-state index contributed by atoms with van der Waals surface area (Å²) in [6.45, 7) is 1.91. The van der Waals surface area contributed by atoms with Crippen molar-refractivity contribution in [1.82, 2.24) is 24.6 Å². The minimum atomic E-state index is -0.642. The highest BCUT2D eigenvalue weighted by Crippen LogP contribution is 2.30. The molecule has 9 nitrogen and oxygen atoms in total. The highest BCUT2D eigenvalue weighted by molar-refractivity contribution is 5.98. The summed E-state index contributed by atoms with van der Waals surface area (Å²) >= 11 is 0. The maximum absolute atomic E-state index is 13.2. The first kappa shape index (κ1) is 20.4. The van der Waals surface area contributed by atoms with Gasteiger partial charge < -0.3 is 11.1 Å². The van der Waals surface area contributed by atoms with E-state index in [1.165, 1.54) is 12.1 Å². The lowest BCUT2D eigenvalue weighted by atomic mass is 9.93. The van der Waals surface area contributed by atoms with Gasteiger partial charge in [0.15, 0.2) is 5.82 Å². The Kier molecular flexibility index (Phi) is 5.86. The van der Waals surface area contributed by atoms with E-state index in [-0.39, 0.29) is 29.2 Å². The van der Waals surface area contributed by atoms with Gasteiger partial charge in [0.2, 0.25) is 0 Å². The van der Waals surface area contributed by atoms with Gasteiger partial charge in [-0.3, -0.25) is 24.3 Å². The molecule has 1 aromatic carbocycles. The van der Waals surface area contributed by atoms with E-state index in [2.05, 4.69) is 31.4 Å². The predicted octanol–water partition coefficient (Wildman–Crippen LogP) is 2.24. The second-order valence-electron chi connectivity index (χ2n) is 7.39. The van der Waals surface area contributed by atoms with Crippen molar-refractivity contribution in [3.8, 4) is 6.07 Å². The second-order valence-corrected chi connectivity index (χ2v) is 7.39. The molecule has 1 saturated heterocycles. The lowest BCUT2D eigenvalue weighted by Gasteiger charge is -2.35. The van der Waals surface area contributed by atoms with Crippen LogP contribution in [0.1, 0.15) is 28.5 Å². The largest absolute Gasteiger partial charge is 0.365 e. The minimum Gasteiger partial charge on any atom is -0.365 e. The van der Waals surface area contributed by atoms with Crippen LogP contribution in [0.4, 0.5) is 15.9 Å². The zero-order valence-corrected chi connectivity index (χ0v) is 16.6. The summed E-state index contributed by atoms with van der Waals surface area (Å²) in [5, 5.41) is 17.2. The van der Waals surface area contributed by atoms with Gasteiger partial charge in [0.25, 0.3) is 5.91 Å². The van der Waals surface area contributed by atoms with Gasteiger partial charge in [-0.1, -0.05) is 0 Å². The number of carbonyl (C=O) groups excluding carboxylic acids is 1. The topological polar surface area (TPSA) is 126 Å². The van der Waals surface area contributed by atoms with Crippen molar-refractivity contribution in [2.45, 2.75) is 19.0 Å². The number of nitrogens with one attached hydrogen (secondary N) is 1. The Hall–Kier alpha value is -3.84. The van der Waals surface area contributed by atoms with Crippen molar-refractivity contribution >= 4 is 17.4 Å². The first-order chi connectivity index (χ1) is 15.0. The summed E-state index contributed by atoms with van der Waals surface area (Å²) in [6.07, 6.45) is 7.21. The number of likely N-dealkylation sites (tertiary alicyclic amines) is 1. The molecular formula is C21H21FN8O. The number of nitrogens with zero attached hydrogens (tertiary/aromatic N) is 6. The Balaban J connectivity index is 1.59. The number of primary amides is 1. The van der Waals surface area contributed by atoms with Crippen LogP contribution in [0, 0.1) is 23.1 Å². The van der Waals surface area contributed by atoms with Gasteiger partial charge in [-0.05, 0) is 37.2 Å². The van der Waals surface area contributed by atoms with Gasteiger partial charge in [0.1, 0.15) is 11.4 Å². The molecule has 0 saturated carbocycles. The number of aromatic nitrogens is 4. The molecule has 1 aliphatic heterocycles. The number of nitriles is 1. The van der Waals surface area contributed by atoms with Crippen molar-refractivity contribution < 1.29 is 9.18 Å². The molecule has 31 heavy (non-hydrogen) atoms. The molecule has 0 spiro atoms. The quantitative estimate of drug-likeness (QED) is 0.626. The maximum Gasteiger partial charge on any atom is 0.254 e. The van der Waals surface area contributed by atoms with Crippen molar-refractivity contribution in [2.75, 3.05) is 18.4 Å². The number of rotatable bonds is 6. The van der Waals surface area contributed by atoms with E-state index >= 15 is 0 Å². The van der Waals surface area contributed by atoms with E-state index in [9.17, 15) is 14.4 Å². The Bertz CT molecular complexity index is 1090. The van der Waals surface area contributed by atoms with E-state index in [0.717, 1.165) is 12.2 Å². The number of anilines is 2. The molecule has 1 amide bonds. The molecule has 3 heterocycles. The molecule has 158 valence electrons. The molecule has 0 unspecified atom stereocenters. The fourth-order valence-electron chi connectivity index (χ4n) is 3.70. The van der Waals surface area contributed by atoms with Gasteiger partial charge in [-0.25, -0.2) is 4.39 Å². The monoisotopic (exact) mass is 420 g/mol. The van der Waals surface area contributed by atoms with Crippen LogP contribution < -0.4 is 11.1 Å². The van der Waals surface area contributed by atoms with Crippen LogP contribution in [0.25, 0.3) is 0 Å². The van der Waals surface area contributed by atoms with E-state index in [4.69, 9.17) is 5.73 Å². The first-order valence-electron chi connectivity index (χ1n) is 9.82. The molecule has 0 radical (unpaired) electrons. The van der Waals surface area contributed by atoms with E-state index in [0.29, 0.717) is 25.2 Å². The van der Waals surface area contributed by atoms with Gasteiger partial charge >= 0.3 is 0 Å². The molecule has 0 aliphatic carbocycles. The SMILES string of the molecule is N#C[C@@H]1CCN(Cc2cnccn2)C[C@H]1n1cc(C(N)=O)c(Nc2ccc(F)cc2)n1. The molecule has 10 heteroatoms. The van der Waals surface area contributed by atoms with Crippen LogP contribution >= 0.6 is 0 Å². The summed E-state index contributed by atoms with van der Waals surface area (Å²) in [5.74, 6) is -1.01. The smallest absolute Gasteiger partial charge is 0.254 e. The van der Waals surface area contributed by atoms with E-state index in [1.54, 1.807) is 41.6 Å². The fourth-order valence-corrected chi connectivity index (χ4v) is 3.70. The Morgan fingerprint density at radius 1 is 1.32 bits per heavy atom. The summed E-state index contributed by atoms with van der Waals surface area (Å²) < 4.78 is 14.8. The molecule has 2 atom stereocenters. The normalized spacial score (nSPS) is 19.0. The summed E-state index contributed by atoms with van der Waals surface area (Å²) in [6, 6.07) is 7.79. The highest BCUT2D eigenvalue weighted by atomic mass is 19.1. The first-order valence-corrected chi connectivity index (χ1v) is 9.82. The Morgan fingerprint density at radius 3 is 2.81 bits per heavy atom. The van der Waals surface area contributed by atoms with Gasteiger partial charge in [-0.2, -0.15) is 10.4 Å². The third-order valence-corrected chi connectivity index (χ3v) is 5.28. The van der Waals surface area contributed by atoms with Gasteiger partial charge in [0.05, 0.1) is 23.7 Å². The molecule has 1 aliphatic rings. The lowest BCUT2D eigenvalue weighted by molar-refractivity contribution is 0.1000. The minimum absolute atomic E-state index is 0.201. The second kappa shape index (κ2) is 8.89. The van der Waals surface area contributed by atoms with Gasteiger partial charge in [-0.15, -0.1) is 0 Å². The number of amides is 1. The van der Waals surface area contributed by atoms with Crippen LogP contribution in [-0.4, -0.2) is 43.6 Å². The predicted molar refractivity (Wildman–Crippen MR) is 110 cm³/mol. The third kappa shape index (κ3) is 4.67. The molecule has 0 bridgehead atoms. The molecule has 2 aromatic heterocycles. The standard InChI is InChI=1S/C21H21FN8O/c22-15-1-3-16(4-2-15)27-21-18(20(24)31)12-30(28-21)19-13-29(8-5-14(19)9-23)11-17-10-25-6-7-26-17/h1-4,6-7,10,12,14,19H,5,8,11,13H2,(H2,24,31)(H,27,28)/t14-,19+/m0/s1. The van der Waals surface area contributed by atoms with Crippen LogP contribution in [0.5, 0.6) is 0 Å². The van der Waals surface area contributed by atoms with Crippen LogP contribution in [0.3, 0.4) is 0 Å². The van der Waals surface area contributed by atoms with Gasteiger partial charge in [0, 0.05) is 43.6 Å². The van der Waals surface area contributed by atoms with Crippen molar-refractivity contribution in [3.05, 3.63) is 66.1 Å². The number of benzene rings is 1. The summed E-state index contributed by atoms with van der Waals surface area (Å²) in [7, 11) is 0. The number of hydrogen-bond acceptors (Lipinski definition) is 7. The Labute approximate surface area is 178 Å². The average molecular weight is 420 g/mol. The summed E-state index contributed by atoms with van der Waals surface area (Å²) in [5.41, 5.74) is 7.16. The molecule has 4 rings (SSSR count). The van der Waals surface area contributed by atoms with E-state index < -0.39 is 5.91 Å². The van der Waals surface area contributed by atoms with Crippen LogP contribution in [0.15, 0.2) is 49.1 Å². The van der Waals surface area contributed by atoms with E-state index in [1.807, 2.05) is 0 Å². The zero-order valence-electron chi connectivity index (χ0n) is 16.6.